The van der Waals surface area contributed by atoms with Crippen molar-refractivity contribution >= 4 is 49.1 Å². The molecular formula is C12H8Br2ClFN2. The summed E-state index contributed by atoms with van der Waals surface area (Å²) in [5, 5.41) is 3.45. The van der Waals surface area contributed by atoms with Crippen molar-refractivity contribution in [3.05, 3.63) is 55.9 Å². The Morgan fingerprint density at radius 1 is 1.28 bits per heavy atom. The lowest BCUT2D eigenvalue weighted by molar-refractivity contribution is 0.627. The summed E-state index contributed by atoms with van der Waals surface area (Å²) in [5.41, 5.74) is 1.52. The number of rotatable bonds is 3. The fourth-order valence-corrected chi connectivity index (χ4v) is 2.60. The van der Waals surface area contributed by atoms with E-state index in [0.29, 0.717) is 21.7 Å². The Balaban J connectivity index is 2.13. The van der Waals surface area contributed by atoms with Gasteiger partial charge in [0.15, 0.2) is 0 Å². The van der Waals surface area contributed by atoms with Gasteiger partial charge in [-0.1, -0.05) is 11.6 Å². The van der Waals surface area contributed by atoms with Gasteiger partial charge in [-0.2, -0.15) is 0 Å². The Morgan fingerprint density at radius 2 is 2.06 bits per heavy atom. The molecule has 0 aliphatic heterocycles. The smallest absolute Gasteiger partial charge is 0.125 e. The van der Waals surface area contributed by atoms with Gasteiger partial charge in [0.2, 0.25) is 0 Å². The van der Waals surface area contributed by atoms with Crippen molar-refractivity contribution in [2.45, 2.75) is 6.54 Å². The molecule has 1 aromatic heterocycles. The van der Waals surface area contributed by atoms with E-state index in [0.717, 1.165) is 10.2 Å². The van der Waals surface area contributed by atoms with E-state index in [2.05, 4.69) is 42.2 Å². The lowest BCUT2D eigenvalue weighted by atomic mass is 10.3. The van der Waals surface area contributed by atoms with E-state index in [-0.39, 0.29) is 5.82 Å². The molecule has 2 nitrogen and oxygen atoms in total. The maximum atomic E-state index is 13.1. The normalized spacial score (nSPS) is 10.4. The van der Waals surface area contributed by atoms with Crippen LogP contribution >= 0.6 is 43.5 Å². The minimum atomic E-state index is -0.376. The topological polar surface area (TPSA) is 24.9 Å². The van der Waals surface area contributed by atoms with E-state index < -0.39 is 0 Å². The third-order valence-electron chi connectivity index (χ3n) is 2.24. The first-order valence-corrected chi connectivity index (χ1v) is 7.01. The largest absolute Gasteiger partial charge is 0.377 e. The number of nitrogens with zero attached hydrogens (tertiary/aromatic N) is 1. The molecule has 1 N–H and O–H groups in total. The molecule has 0 spiro atoms. The highest BCUT2D eigenvalue weighted by Crippen LogP contribution is 2.31. The number of aromatic nitrogens is 1. The van der Waals surface area contributed by atoms with Crippen molar-refractivity contribution in [3.63, 3.8) is 0 Å². The first kappa shape index (κ1) is 13.8. The summed E-state index contributed by atoms with van der Waals surface area (Å²) in [4.78, 5) is 4.23. The van der Waals surface area contributed by atoms with Crippen LogP contribution < -0.4 is 5.32 Å². The number of benzene rings is 1. The number of anilines is 1. The van der Waals surface area contributed by atoms with E-state index in [1.807, 2.05) is 12.1 Å². The van der Waals surface area contributed by atoms with Gasteiger partial charge in [-0.3, -0.25) is 4.98 Å². The van der Waals surface area contributed by atoms with Crippen LogP contribution in [0.3, 0.4) is 0 Å². The van der Waals surface area contributed by atoms with Gasteiger partial charge < -0.3 is 5.32 Å². The second-order valence-electron chi connectivity index (χ2n) is 3.57. The molecule has 94 valence electrons. The number of hydrogen-bond donors (Lipinski definition) is 1. The van der Waals surface area contributed by atoms with Crippen LogP contribution in [0.4, 0.5) is 10.1 Å². The van der Waals surface area contributed by atoms with Crippen molar-refractivity contribution in [3.8, 4) is 0 Å². The van der Waals surface area contributed by atoms with Crippen molar-refractivity contribution in [2.24, 2.45) is 0 Å². The Bertz CT molecular complexity index is 537. The van der Waals surface area contributed by atoms with Crippen LogP contribution in [0.5, 0.6) is 0 Å². The molecule has 1 heterocycles. The Kier molecular flexibility index (Phi) is 4.59. The first-order valence-electron chi connectivity index (χ1n) is 5.05. The van der Waals surface area contributed by atoms with Gasteiger partial charge in [0.1, 0.15) is 5.82 Å². The fraction of sp³-hybridized carbons (Fsp3) is 0.0833. The third-order valence-corrected chi connectivity index (χ3v) is 3.63. The molecule has 0 radical (unpaired) electrons. The van der Waals surface area contributed by atoms with Crippen LogP contribution in [0.1, 0.15) is 5.69 Å². The molecular weight excluding hydrogens is 386 g/mol. The van der Waals surface area contributed by atoms with Crippen LogP contribution in [0, 0.1) is 5.82 Å². The molecule has 0 atom stereocenters. The summed E-state index contributed by atoms with van der Waals surface area (Å²) in [6.07, 6.45) is 1.72. The van der Waals surface area contributed by atoms with Gasteiger partial charge in [0.05, 0.1) is 22.9 Å². The Labute approximate surface area is 126 Å². The molecule has 0 unspecified atom stereocenters. The average Bonchev–Trinajstić information content (AvgIpc) is 2.30. The molecule has 0 fully saturated rings. The SMILES string of the molecule is Fc1cc(Cl)c(NCc2ccc(Br)cn2)c(Br)c1. The zero-order valence-corrected chi connectivity index (χ0v) is 13.0. The van der Waals surface area contributed by atoms with Crippen LogP contribution in [-0.4, -0.2) is 4.98 Å². The molecule has 0 aliphatic rings. The van der Waals surface area contributed by atoms with Crippen molar-refractivity contribution in [2.75, 3.05) is 5.32 Å². The minimum Gasteiger partial charge on any atom is -0.377 e. The van der Waals surface area contributed by atoms with Crippen LogP contribution in [0.2, 0.25) is 5.02 Å². The van der Waals surface area contributed by atoms with E-state index in [4.69, 9.17) is 11.6 Å². The molecule has 0 saturated carbocycles. The van der Waals surface area contributed by atoms with E-state index in [1.165, 1.54) is 12.1 Å². The van der Waals surface area contributed by atoms with Gasteiger partial charge in [0, 0.05) is 15.1 Å². The summed E-state index contributed by atoms with van der Waals surface area (Å²) in [5.74, 6) is -0.376. The number of nitrogens with one attached hydrogen (secondary N) is 1. The van der Waals surface area contributed by atoms with Gasteiger partial charge in [-0.25, -0.2) is 4.39 Å². The average molecular weight is 394 g/mol. The second kappa shape index (κ2) is 5.99. The fourth-order valence-electron chi connectivity index (χ4n) is 1.40. The Morgan fingerprint density at radius 3 is 2.67 bits per heavy atom. The van der Waals surface area contributed by atoms with Crippen LogP contribution in [-0.2, 0) is 6.54 Å². The van der Waals surface area contributed by atoms with Gasteiger partial charge in [-0.15, -0.1) is 0 Å². The van der Waals surface area contributed by atoms with Gasteiger partial charge in [-0.05, 0) is 56.1 Å². The molecule has 2 rings (SSSR count). The zero-order valence-electron chi connectivity index (χ0n) is 9.05. The van der Waals surface area contributed by atoms with Crippen molar-refractivity contribution < 1.29 is 4.39 Å². The monoisotopic (exact) mass is 392 g/mol. The highest BCUT2D eigenvalue weighted by Gasteiger charge is 2.07. The summed E-state index contributed by atoms with van der Waals surface area (Å²) in [6, 6.07) is 6.43. The molecule has 0 amide bonds. The zero-order chi connectivity index (χ0) is 13.1. The van der Waals surface area contributed by atoms with Crippen LogP contribution in [0.25, 0.3) is 0 Å². The quantitative estimate of drug-likeness (QED) is 0.792. The molecule has 0 bridgehead atoms. The second-order valence-corrected chi connectivity index (χ2v) is 5.74. The van der Waals surface area contributed by atoms with E-state index in [9.17, 15) is 4.39 Å². The highest BCUT2D eigenvalue weighted by molar-refractivity contribution is 9.10. The molecule has 6 heteroatoms. The number of hydrogen-bond acceptors (Lipinski definition) is 2. The lowest BCUT2D eigenvalue weighted by Crippen LogP contribution is -2.02. The molecule has 2 aromatic rings. The highest BCUT2D eigenvalue weighted by atomic mass is 79.9. The third kappa shape index (κ3) is 3.43. The maximum Gasteiger partial charge on any atom is 0.125 e. The lowest BCUT2D eigenvalue weighted by Gasteiger charge is -2.10. The minimum absolute atomic E-state index is 0.332. The summed E-state index contributed by atoms with van der Waals surface area (Å²) in [6.45, 7) is 0.511. The summed E-state index contributed by atoms with van der Waals surface area (Å²) >= 11 is 12.6. The molecule has 0 saturated heterocycles. The van der Waals surface area contributed by atoms with E-state index >= 15 is 0 Å². The predicted molar refractivity (Wildman–Crippen MR) is 78.4 cm³/mol. The van der Waals surface area contributed by atoms with Crippen molar-refractivity contribution in [1.82, 2.24) is 4.98 Å². The van der Waals surface area contributed by atoms with Gasteiger partial charge >= 0.3 is 0 Å². The van der Waals surface area contributed by atoms with Gasteiger partial charge in [0.25, 0.3) is 0 Å². The maximum absolute atomic E-state index is 13.1. The molecule has 1 aromatic carbocycles. The standard InChI is InChI=1S/C12H8Br2ClFN2/c13-7-1-2-9(17-5-7)6-18-12-10(14)3-8(16)4-11(12)15/h1-5,18H,6H2. The number of halogens is 4. The number of pyridine rings is 1. The predicted octanol–water partition coefficient (Wildman–Crippen LogP) is 5.01. The molecule has 0 aliphatic carbocycles. The van der Waals surface area contributed by atoms with Crippen LogP contribution in [0.15, 0.2) is 39.4 Å². The molecule has 18 heavy (non-hydrogen) atoms. The van der Waals surface area contributed by atoms with E-state index in [1.54, 1.807) is 6.20 Å². The Hall–Kier alpha value is -0.650. The first-order chi connectivity index (χ1) is 8.56. The van der Waals surface area contributed by atoms with Crippen molar-refractivity contribution in [1.29, 1.82) is 0 Å². The summed E-state index contributed by atoms with van der Waals surface area (Å²) in [7, 11) is 0. The summed E-state index contributed by atoms with van der Waals surface area (Å²) < 4.78 is 14.6.